The van der Waals surface area contributed by atoms with Gasteiger partial charge in [0.2, 0.25) is 0 Å². The zero-order valence-electron chi connectivity index (χ0n) is 67.1. The summed E-state index contributed by atoms with van der Waals surface area (Å²) in [5.41, 5.74) is -0.221. The first-order valence-electron chi connectivity index (χ1n) is 34.3. The Bertz CT molecular complexity index is 7420. The van der Waals surface area contributed by atoms with Crippen molar-refractivity contribution in [2.75, 3.05) is 0 Å². The minimum Gasteiger partial charge on any atom is 1.00 e. The Balaban J connectivity index is 0.00000207. The monoisotopic (exact) mass is 1970 g/mol. The van der Waals surface area contributed by atoms with E-state index in [-0.39, 0.29) is 407 Å². The predicted molar refractivity (Wildman–Crippen MR) is 415 cm³/mol. The molecule has 6 bridgehead atoms. The topological polar surface area (TPSA) is 444 Å². The van der Waals surface area contributed by atoms with Crippen molar-refractivity contribution in [2.24, 2.45) is 30.0 Å². The molecule has 0 fully saturated rings. The Hall–Kier alpha value is -4.89. The van der Waals surface area contributed by atoms with E-state index >= 15 is 0 Å². The molecule has 0 radical (unpaired) electrons. The molecule has 12 aromatic carbocycles. The summed E-state index contributed by atoms with van der Waals surface area (Å²) in [4.78, 5) is 29.8. The van der Waals surface area contributed by atoms with Crippen molar-refractivity contribution in [3.05, 3.63) is 294 Å². The first-order valence-corrected chi connectivity index (χ1v) is 48.5. The zero-order chi connectivity index (χ0) is 81.9. The molecule has 0 N–H and O–H groups in total. The van der Waals surface area contributed by atoms with Crippen molar-refractivity contribution < 1.29 is 339 Å². The Morgan fingerprint density at radius 1 is 0.246 bits per heavy atom. The van der Waals surface area contributed by atoms with E-state index in [0.29, 0.717) is 11.5 Å². The van der Waals surface area contributed by atoms with Crippen LogP contribution in [0.4, 0.5) is 11.6 Å². The number of amidine groups is 4. The number of hydrogen-bond donors (Lipinski definition) is 0. The van der Waals surface area contributed by atoms with Crippen LogP contribution in [0.3, 0.4) is 0 Å². The molecule has 31 nitrogen and oxygen atoms in total. The fraction of sp³-hybridized carbons (Fsp3) is 0. The van der Waals surface area contributed by atoms with Crippen molar-refractivity contribution in [1.82, 2.24) is 5.11 Å². The van der Waals surface area contributed by atoms with Gasteiger partial charge in [-0.05, 0) is 0 Å². The van der Waals surface area contributed by atoms with Crippen molar-refractivity contribution >= 4 is 137 Å². The van der Waals surface area contributed by atoms with Gasteiger partial charge in [-0.15, -0.1) is 0 Å². The van der Waals surface area contributed by atoms with E-state index in [1.54, 1.807) is 90.0 Å². The van der Waals surface area contributed by atoms with Crippen LogP contribution in [0.5, 0.6) is 92.0 Å². The Morgan fingerprint density at radius 2 is 0.437 bits per heavy atom. The van der Waals surface area contributed by atoms with E-state index in [2.05, 4.69) is 18.2 Å². The molecule has 0 atom stereocenters. The third kappa shape index (κ3) is 21.3. The van der Waals surface area contributed by atoms with Gasteiger partial charge in [-0.2, -0.15) is 0 Å². The number of halogens is 1. The quantitative estimate of drug-likeness (QED) is 0.0366. The summed E-state index contributed by atoms with van der Waals surface area (Å²) >= 11 is -5.56. The maximum absolute atomic E-state index is 12.5. The first-order chi connectivity index (χ1) is 56.5. The number of ether oxygens (including phenoxy) is 8. The van der Waals surface area contributed by atoms with Gasteiger partial charge in [0.05, 0.1) is 0 Å². The van der Waals surface area contributed by atoms with Crippen LogP contribution in [0.25, 0.3) is 21.5 Å². The van der Waals surface area contributed by atoms with Crippen LogP contribution in [0, 0.1) is 18.2 Å². The summed E-state index contributed by atoms with van der Waals surface area (Å²) < 4.78 is 245. The summed E-state index contributed by atoms with van der Waals surface area (Å²) in [5.74, 6) is -1.36. The van der Waals surface area contributed by atoms with Crippen LogP contribution in [0.15, 0.2) is 297 Å². The molecule has 4 aliphatic rings. The maximum Gasteiger partial charge on any atom is 1.00 e. The minimum atomic E-state index is -5.56. The molecule has 4 aliphatic heterocycles. The van der Waals surface area contributed by atoms with Gasteiger partial charge in [-0.25, -0.2) is 16.8 Å². The van der Waals surface area contributed by atoms with Gasteiger partial charge < -0.3 is 9.11 Å². The number of rotatable bonds is 21. The predicted octanol–water partition coefficient (Wildman–Crippen LogP) is -10.5. The number of nitrogens with zero attached hydrogens (tertiary/aromatic N) is 8. The summed E-state index contributed by atoms with van der Waals surface area (Å²) in [6.45, 7) is 0. The third-order valence-corrected chi connectivity index (χ3v) is 30.5. The van der Waals surface area contributed by atoms with E-state index in [1.807, 2.05) is 0 Å². The average Bonchev–Trinajstić information content (AvgIpc) is 1.53. The van der Waals surface area contributed by atoms with Gasteiger partial charge in [0.1, 0.15) is 0 Å². The van der Waals surface area contributed by atoms with Crippen molar-refractivity contribution in [3.63, 3.8) is 0 Å². The molecular weight excluding hydrogens is 1940 g/mol. The fourth-order valence-corrected chi connectivity index (χ4v) is 23.1. The Labute approximate surface area is 906 Å². The molecule has 0 amide bonds. The normalized spacial score (nSPS) is 12.6. The molecule has 0 saturated heterocycles. The summed E-state index contributed by atoms with van der Waals surface area (Å²) in [6.07, 6.45) is 0. The smallest absolute Gasteiger partial charge is 1.00 e. The molecule has 0 aliphatic carbocycles. The second-order valence-corrected chi connectivity index (χ2v) is 39.9. The number of benzene rings is 12. The van der Waals surface area contributed by atoms with E-state index in [9.17, 15) is 64.9 Å². The molecule has 0 spiro atoms. The van der Waals surface area contributed by atoms with E-state index in [0.717, 1.165) is 60.7 Å². The maximum atomic E-state index is 12.5. The van der Waals surface area contributed by atoms with Crippen molar-refractivity contribution in [1.29, 1.82) is 0 Å². The number of aliphatic imine (C=N–C) groups is 4. The second kappa shape index (κ2) is 41.7. The van der Waals surface area contributed by atoms with Gasteiger partial charge in [0.25, 0.3) is 0 Å². The van der Waals surface area contributed by atoms with Gasteiger partial charge in [0, 0.05) is 0 Å². The molecule has 2 aromatic heterocycles. The molecule has 6 heterocycles. The second-order valence-electron chi connectivity index (χ2n) is 25.7. The van der Waals surface area contributed by atoms with Crippen molar-refractivity contribution in [3.8, 4) is 92.0 Å². The number of aromatic nitrogens is 2. The van der Waals surface area contributed by atoms with Gasteiger partial charge >= 0.3 is 895 Å². The molecule has 46 heteroatoms. The molecule has 18 rings (SSSR count). The Kier molecular flexibility index (Phi) is 34.2. The van der Waals surface area contributed by atoms with Crippen LogP contribution in [-0.2, 0) is 50.6 Å². The average molecular weight is 1980 g/mol. The van der Waals surface area contributed by atoms with Gasteiger partial charge in [0.15, 0.2) is 0 Å². The molecular formula is C80H40ClInN8Na8O23S5. The van der Waals surface area contributed by atoms with Gasteiger partial charge in [-0.1, -0.05) is 0 Å². The van der Waals surface area contributed by atoms with E-state index in [1.165, 1.54) is 97.1 Å². The van der Waals surface area contributed by atoms with Crippen LogP contribution >= 0.6 is 8.58 Å². The third-order valence-electron chi connectivity index (χ3n) is 18.4. The molecule has 126 heavy (non-hydrogen) atoms. The Morgan fingerprint density at radius 3 is 0.659 bits per heavy atom. The van der Waals surface area contributed by atoms with Crippen molar-refractivity contribution in [2.45, 2.75) is 24.5 Å². The van der Waals surface area contributed by atoms with Crippen LogP contribution < -0.4 is 285 Å². The summed E-state index contributed by atoms with van der Waals surface area (Å²) in [6, 6.07) is 62.6. The molecule has 0 saturated carbocycles. The minimum absolute atomic E-state index is 0. The van der Waals surface area contributed by atoms with Crippen LogP contribution in [0.2, 0.25) is 0 Å². The SMILES string of the molecule is O=S(=O)([O-])c1ccc(Oc2ccc(Oc3ccc(S(=O)(=O)[O-])cc3)c3c2C2=NC3=Nc3c4c(Oc5ccc(S(=O)(=O)[O-])cc5)ccc(Oc5ccc(S(=O)(=O)[O-])cc5)c4c4[n]3[In]([Cl])[n]3c(c5c(Oc6cc[c-]cc6)ccc(Oc6ccc(S(=O)(=O)[O-])cc6)c5c3=N2)=NC2=NC(=N4)c3c(Oc4cc[c-]cc4)ccc(Oc4cc[c-]cc4)c32)cc1.[Na+].[Na+].[Na+].[Na+].[Na+].[Na+].[Na+].[Na+]. The number of fused-ring (bicyclic) bond motifs is 14. The standard InChI is InChI=1S/C80H45N8O23S5.ClH.In.8Na/c89-112(90,91)52-26-16-47(17-27-52)107-60-39-38-59(106-46-14-8-3-9-15-46)67-68(60)76-84-75(67)82-73-65-57(104-44-10-4-1-5-11-44)36-37-58(105-45-12-6-2-7-13-45)66(65)74(81-73)83-77-69-61(108-48-18-28-53(29-19-48)113(92,93)94)40-41-62(109-49-20-30-54(31-21-49)114(95,96)97)70(69)79(86-77)88-80-72-64(111-51-24-34-56(35-25-51)116(101,102)103)43-42-63(71(72)78(85-76)87-80)110-50-22-32-55(33-23-50)115(98,99)100;;;;;;;;;;/h4-43H,(H5-2,81,82,83,84,85,86,87,88,89,90,91,92,93,94,95,96,97,98,99,100,101,102,103);1H;;;;;;;;;/q-5;;+3;8*+1/p-6. The number of hydrogen-bond acceptors (Lipinski definition) is 29. The van der Waals surface area contributed by atoms with E-state index in [4.69, 9.17) is 76.4 Å². The largest absolute Gasteiger partial charge is 1.00 e. The first kappa shape index (κ1) is 103. The van der Waals surface area contributed by atoms with Gasteiger partial charge in [-0.3, -0.25) is 0 Å². The van der Waals surface area contributed by atoms with E-state index < -0.39 is 95.9 Å². The molecule has 586 valence electrons. The summed E-state index contributed by atoms with van der Waals surface area (Å²) in [7, 11) is -16.3. The molecule has 14 aromatic rings. The molecule has 0 unspecified atom stereocenters. The van der Waals surface area contributed by atoms with Crippen LogP contribution in [-0.4, -0.2) is 114 Å². The zero-order valence-corrected chi connectivity index (χ0v) is 91.2. The van der Waals surface area contributed by atoms with Crippen LogP contribution in [0.1, 0.15) is 22.3 Å². The summed E-state index contributed by atoms with van der Waals surface area (Å²) in [5, 5.41) is -0.121. The fourth-order valence-electron chi connectivity index (χ4n) is 13.2.